The van der Waals surface area contributed by atoms with Gasteiger partial charge in [0, 0.05) is 66.0 Å². The van der Waals surface area contributed by atoms with E-state index in [-0.39, 0.29) is 10.8 Å². The molecular formula is C86H58N4. The van der Waals surface area contributed by atoms with Crippen molar-refractivity contribution in [2.45, 2.75) is 38.5 Å². The molecule has 0 unspecified atom stereocenters. The van der Waals surface area contributed by atoms with Crippen molar-refractivity contribution >= 4 is 54.4 Å². The van der Waals surface area contributed by atoms with E-state index in [0.29, 0.717) is 5.82 Å². The van der Waals surface area contributed by atoms with Gasteiger partial charge in [-0.15, -0.1) is 0 Å². The first kappa shape index (κ1) is 50.9. The number of aromatic nitrogens is 4. The molecule has 0 amide bonds. The minimum atomic E-state index is -0.0914. The molecule has 3 aromatic heterocycles. The first-order valence-electron chi connectivity index (χ1n) is 31.5. The zero-order chi connectivity index (χ0) is 59.7. The number of fused-ring (bicyclic) bond motifs is 15. The highest BCUT2D eigenvalue weighted by molar-refractivity contribution is 6.20. The van der Waals surface area contributed by atoms with E-state index in [1.165, 1.54) is 138 Å². The van der Waals surface area contributed by atoms with Crippen LogP contribution in [0.1, 0.15) is 49.9 Å². The minimum Gasteiger partial charge on any atom is -0.309 e. The Morgan fingerprint density at radius 1 is 0.256 bits per heavy atom. The SMILES string of the molecule is CC1(C)c2ccccc2-c2ccc(-n3c4ccccc4c4cc(-c5ccc(-c6nc(-c7ccccc7)nc7c6-c6ccc(-c8cccc(-c9ccc%10c(c9)c9ccccc9n%10-c9ccc%10c(c9)C(C)(C)c9ccccc9-%10)c8)c8cccc-7c68)cc5)ccc43)cc21. The fourth-order valence-electron chi connectivity index (χ4n) is 16.1. The van der Waals surface area contributed by atoms with E-state index in [9.17, 15) is 0 Å². The van der Waals surface area contributed by atoms with Crippen molar-refractivity contribution in [2.75, 3.05) is 0 Å². The first-order chi connectivity index (χ1) is 44.1. The van der Waals surface area contributed by atoms with Crippen LogP contribution >= 0.6 is 0 Å². The monoisotopic (exact) mass is 1150 g/mol. The summed E-state index contributed by atoms with van der Waals surface area (Å²) in [5.74, 6) is 0.715. The van der Waals surface area contributed by atoms with Crippen molar-refractivity contribution in [2.24, 2.45) is 0 Å². The van der Waals surface area contributed by atoms with Crippen LogP contribution in [0.15, 0.2) is 279 Å². The Labute approximate surface area is 522 Å². The molecule has 0 radical (unpaired) electrons. The normalized spacial score (nSPS) is 13.7. The number of hydrogen-bond donors (Lipinski definition) is 0. The zero-order valence-electron chi connectivity index (χ0n) is 50.3. The molecule has 3 aliphatic rings. The van der Waals surface area contributed by atoms with Crippen molar-refractivity contribution in [1.29, 1.82) is 0 Å². The highest BCUT2D eigenvalue weighted by atomic mass is 15.0. The van der Waals surface area contributed by atoms with Crippen LogP contribution in [0.4, 0.5) is 0 Å². The molecule has 3 heterocycles. The van der Waals surface area contributed by atoms with Crippen molar-refractivity contribution in [1.82, 2.24) is 19.1 Å². The highest BCUT2D eigenvalue weighted by Gasteiger charge is 2.37. The maximum absolute atomic E-state index is 5.50. The molecule has 0 spiro atoms. The molecule has 3 aliphatic carbocycles. The van der Waals surface area contributed by atoms with Gasteiger partial charge in [0.05, 0.1) is 33.5 Å². The number of para-hydroxylation sites is 2. The molecule has 90 heavy (non-hydrogen) atoms. The smallest absolute Gasteiger partial charge is 0.160 e. The average molecular weight is 1150 g/mol. The van der Waals surface area contributed by atoms with Gasteiger partial charge in [-0.05, 0) is 161 Å². The lowest BCUT2D eigenvalue weighted by Crippen LogP contribution is -2.15. The molecule has 0 saturated heterocycles. The largest absolute Gasteiger partial charge is 0.309 e. The summed E-state index contributed by atoms with van der Waals surface area (Å²) in [5, 5.41) is 7.37. The summed E-state index contributed by atoms with van der Waals surface area (Å²) in [5.41, 5.74) is 32.2. The van der Waals surface area contributed by atoms with Gasteiger partial charge in [0.2, 0.25) is 0 Å². The summed E-state index contributed by atoms with van der Waals surface area (Å²) in [4.78, 5) is 11.0. The maximum atomic E-state index is 5.50. The Morgan fingerprint density at radius 2 is 0.689 bits per heavy atom. The Morgan fingerprint density at radius 3 is 1.32 bits per heavy atom. The van der Waals surface area contributed by atoms with Gasteiger partial charge in [0.15, 0.2) is 5.82 Å². The standard InChI is InChI=1S/C86H58N4/c1-85(2)72-28-12-8-22-61(72)63-40-38-58(49-74(63)85)89-76-30-14-10-24-65(76)70-47-55(36-44-78(70)89)51-32-34-52(35-33-51)82-81-68-43-42-60(67-26-17-27-69(80(67)68)83(81)88-84(87-82)53-18-6-5-7-19-53)57-21-16-20-54(46-57)56-37-45-79-71(48-56)66-25-11-15-31-77(66)90(79)59-39-41-64-62-23-9-13-29-73(62)86(3,4)75(64)50-59/h5-50H,1-4H3. The molecule has 19 rings (SSSR count). The molecule has 0 saturated carbocycles. The molecule has 16 aromatic rings. The zero-order valence-corrected chi connectivity index (χ0v) is 50.3. The fraction of sp³-hybridized carbons (Fsp3) is 0.0698. The van der Waals surface area contributed by atoms with Crippen LogP contribution in [-0.4, -0.2) is 19.1 Å². The molecular weight excluding hydrogens is 1090 g/mol. The molecule has 0 N–H and O–H groups in total. The second kappa shape index (κ2) is 18.7. The Bertz CT molecular complexity index is 5770. The summed E-state index contributed by atoms with van der Waals surface area (Å²) in [6.07, 6.45) is 0. The summed E-state index contributed by atoms with van der Waals surface area (Å²) in [7, 11) is 0. The lowest BCUT2D eigenvalue weighted by atomic mass is 9.82. The van der Waals surface area contributed by atoms with Crippen LogP contribution < -0.4 is 0 Å². The van der Waals surface area contributed by atoms with Crippen LogP contribution in [0.2, 0.25) is 0 Å². The van der Waals surface area contributed by atoms with Crippen LogP contribution in [0.25, 0.3) is 166 Å². The molecule has 0 fully saturated rings. The van der Waals surface area contributed by atoms with Crippen LogP contribution in [0.5, 0.6) is 0 Å². The van der Waals surface area contributed by atoms with Gasteiger partial charge in [-0.3, -0.25) is 0 Å². The van der Waals surface area contributed by atoms with E-state index in [4.69, 9.17) is 9.97 Å². The summed E-state index contributed by atoms with van der Waals surface area (Å²) in [6.45, 7) is 9.44. The second-order valence-electron chi connectivity index (χ2n) is 26.0. The van der Waals surface area contributed by atoms with E-state index in [1.54, 1.807) is 0 Å². The predicted molar refractivity (Wildman–Crippen MR) is 375 cm³/mol. The van der Waals surface area contributed by atoms with E-state index in [1.807, 2.05) is 0 Å². The van der Waals surface area contributed by atoms with E-state index >= 15 is 0 Å². The van der Waals surface area contributed by atoms with Gasteiger partial charge >= 0.3 is 0 Å². The lowest BCUT2D eigenvalue weighted by molar-refractivity contribution is 0.660. The third-order valence-corrected chi connectivity index (χ3v) is 20.5. The Hall–Kier alpha value is -11.2. The number of hydrogen-bond acceptors (Lipinski definition) is 2. The quantitative estimate of drug-likeness (QED) is 0.159. The van der Waals surface area contributed by atoms with E-state index in [0.717, 1.165) is 44.8 Å². The summed E-state index contributed by atoms with van der Waals surface area (Å²) < 4.78 is 4.91. The van der Waals surface area contributed by atoms with Crippen molar-refractivity contribution < 1.29 is 0 Å². The number of benzene rings is 13. The second-order valence-corrected chi connectivity index (χ2v) is 26.0. The lowest BCUT2D eigenvalue weighted by Gasteiger charge is -2.22. The van der Waals surface area contributed by atoms with Crippen molar-refractivity contribution in [3.63, 3.8) is 0 Å². The van der Waals surface area contributed by atoms with Gasteiger partial charge in [-0.25, -0.2) is 9.97 Å². The third-order valence-electron chi connectivity index (χ3n) is 20.5. The van der Waals surface area contributed by atoms with Crippen molar-refractivity contribution in [3.05, 3.63) is 301 Å². The molecule has 0 aliphatic heterocycles. The third kappa shape index (κ3) is 7.19. The van der Waals surface area contributed by atoms with E-state index in [2.05, 4.69) is 316 Å². The fourth-order valence-corrected chi connectivity index (χ4v) is 16.1. The molecule has 4 nitrogen and oxygen atoms in total. The van der Waals surface area contributed by atoms with Gasteiger partial charge in [-0.2, -0.15) is 0 Å². The van der Waals surface area contributed by atoms with E-state index < -0.39 is 0 Å². The molecule has 4 heteroatoms. The number of nitrogens with zero attached hydrogens (tertiary/aromatic N) is 4. The van der Waals surface area contributed by atoms with Gasteiger partial charge in [0.1, 0.15) is 0 Å². The van der Waals surface area contributed by atoms with Gasteiger partial charge in [0.25, 0.3) is 0 Å². The highest BCUT2D eigenvalue weighted by Crippen LogP contribution is 2.54. The van der Waals surface area contributed by atoms with Crippen LogP contribution in [0, 0.1) is 0 Å². The molecule has 0 bridgehead atoms. The minimum absolute atomic E-state index is 0.0907. The maximum Gasteiger partial charge on any atom is 0.160 e. The topological polar surface area (TPSA) is 35.6 Å². The van der Waals surface area contributed by atoms with Gasteiger partial charge < -0.3 is 9.13 Å². The Kier molecular flexibility index (Phi) is 10.6. The van der Waals surface area contributed by atoms with Crippen molar-refractivity contribution in [3.8, 4) is 112 Å². The average Bonchev–Trinajstić information content (AvgIpc) is 1.59. The molecule has 0 atom stereocenters. The summed E-state index contributed by atoms with van der Waals surface area (Å²) in [6, 6.07) is 104. The first-order valence-corrected chi connectivity index (χ1v) is 31.5. The summed E-state index contributed by atoms with van der Waals surface area (Å²) >= 11 is 0. The molecule has 422 valence electrons. The predicted octanol–water partition coefficient (Wildman–Crippen LogP) is 22.4. The molecule has 13 aromatic carbocycles. The number of rotatable bonds is 7. The van der Waals surface area contributed by atoms with Crippen LogP contribution in [0.3, 0.4) is 0 Å². The Balaban J connectivity index is 0.684. The van der Waals surface area contributed by atoms with Gasteiger partial charge in [-0.1, -0.05) is 240 Å². The van der Waals surface area contributed by atoms with Crippen LogP contribution in [-0.2, 0) is 10.8 Å².